The Kier molecular flexibility index (Phi) is 3.13. The van der Waals surface area contributed by atoms with Gasteiger partial charge in [-0.1, -0.05) is 36.4 Å². The van der Waals surface area contributed by atoms with E-state index in [4.69, 9.17) is 5.73 Å². The second-order valence-corrected chi connectivity index (χ2v) is 5.25. The van der Waals surface area contributed by atoms with Crippen LogP contribution in [0.3, 0.4) is 0 Å². The van der Waals surface area contributed by atoms with Gasteiger partial charge >= 0.3 is 0 Å². The fourth-order valence-corrected chi connectivity index (χ4v) is 2.61. The van der Waals surface area contributed by atoms with Crippen LogP contribution in [0.4, 0.5) is 17.1 Å². The standard InChI is InChI=1S/C16H13BrN2/c17-14-10-12(18)8-9-16(14)19-15-7-3-5-11-4-1-2-6-13(11)15/h1-10,19H,18H2. The predicted octanol–water partition coefficient (Wildman–Crippen LogP) is 4.93. The molecule has 0 saturated heterocycles. The molecule has 0 spiro atoms. The van der Waals surface area contributed by atoms with Crippen molar-refractivity contribution in [2.75, 3.05) is 11.1 Å². The van der Waals surface area contributed by atoms with Crippen molar-refractivity contribution in [3.05, 3.63) is 65.1 Å². The van der Waals surface area contributed by atoms with E-state index >= 15 is 0 Å². The predicted molar refractivity (Wildman–Crippen MR) is 85.8 cm³/mol. The first kappa shape index (κ1) is 12.1. The number of benzene rings is 3. The Bertz CT molecular complexity index is 732. The summed E-state index contributed by atoms with van der Waals surface area (Å²) in [7, 11) is 0. The van der Waals surface area contributed by atoms with Crippen molar-refractivity contribution >= 4 is 43.8 Å². The van der Waals surface area contributed by atoms with Crippen molar-refractivity contribution in [2.45, 2.75) is 0 Å². The van der Waals surface area contributed by atoms with Crippen LogP contribution in [-0.4, -0.2) is 0 Å². The highest BCUT2D eigenvalue weighted by Crippen LogP contribution is 2.31. The average molecular weight is 313 g/mol. The van der Waals surface area contributed by atoms with Gasteiger partial charge in [0.2, 0.25) is 0 Å². The number of nitrogens with one attached hydrogen (secondary N) is 1. The Morgan fingerprint density at radius 3 is 2.47 bits per heavy atom. The highest BCUT2D eigenvalue weighted by Gasteiger charge is 2.03. The lowest BCUT2D eigenvalue weighted by atomic mass is 10.1. The van der Waals surface area contributed by atoms with Gasteiger partial charge in [-0.25, -0.2) is 0 Å². The van der Waals surface area contributed by atoms with Crippen LogP contribution in [0.5, 0.6) is 0 Å². The van der Waals surface area contributed by atoms with E-state index in [0.717, 1.165) is 21.5 Å². The van der Waals surface area contributed by atoms with Crippen molar-refractivity contribution in [2.24, 2.45) is 0 Å². The van der Waals surface area contributed by atoms with Gasteiger partial charge in [-0.15, -0.1) is 0 Å². The molecule has 0 heterocycles. The number of fused-ring (bicyclic) bond motifs is 1. The number of hydrogen-bond acceptors (Lipinski definition) is 2. The van der Waals surface area contributed by atoms with E-state index in [0.29, 0.717) is 0 Å². The zero-order valence-electron chi connectivity index (χ0n) is 10.2. The minimum absolute atomic E-state index is 0.746. The number of nitrogens with two attached hydrogens (primary N) is 1. The molecule has 3 N–H and O–H groups in total. The lowest BCUT2D eigenvalue weighted by Crippen LogP contribution is -1.93. The Morgan fingerprint density at radius 2 is 1.63 bits per heavy atom. The second-order valence-electron chi connectivity index (χ2n) is 4.39. The molecule has 94 valence electrons. The zero-order chi connectivity index (χ0) is 13.2. The van der Waals surface area contributed by atoms with Crippen LogP contribution in [0.1, 0.15) is 0 Å². The summed E-state index contributed by atoms with van der Waals surface area (Å²) in [5.74, 6) is 0. The lowest BCUT2D eigenvalue weighted by Gasteiger charge is -2.11. The molecular weight excluding hydrogens is 300 g/mol. The summed E-state index contributed by atoms with van der Waals surface area (Å²) < 4.78 is 0.959. The Morgan fingerprint density at radius 1 is 0.842 bits per heavy atom. The van der Waals surface area contributed by atoms with Crippen molar-refractivity contribution < 1.29 is 0 Å². The number of halogens is 1. The summed E-state index contributed by atoms with van der Waals surface area (Å²) in [5.41, 5.74) is 8.59. The van der Waals surface area contributed by atoms with Crippen LogP contribution in [0.2, 0.25) is 0 Å². The molecule has 0 saturated carbocycles. The molecule has 0 atom stereocenters. The van der Waals surface area contributed by atoms with E-state index < -0.39 is 0 Å². The summed E-state index contributed by atoms with van der Waals surface area (Å²) in [6, 6.07) is 20.3. The molecule has 19 heavy (non-hydrogen) atoms. The summed E-state index contributed by atoms with van der Waals surface area (Å²) in [6.07, 6.45) is 0. The molecule has 0 aliphatic heterocycles. The molecule has 2 nitrogen and oxygen atoms in total. The Labute approximate surface area is 120 Å². The first-order chi connectivity index (χ1) is 9.24. The molecule has 3 rings (SSSR count). The number of nitrogen functional groups attached to an aromatic ring is 1. The Hall–Kier alpha value is -2.00. The minimum atomic E-state index is 0.746. The number of rotatable bonds is 2. The fraction of sp³-hybridized carbons (Fsp3) is 0. The van der Waals surface area contributed by atoms with Crippen LogP contribution in [-0.2, 0) is 0 Å². The van der Waals surface area contributed by atoms with Gasteiger partial charge in [-0.05, 0) is 45.6 Å². The van der Waals surface area contributed by atoms with Gasteiger partial charge in [0, 0.05) is 21.2 Å². The van der Waals surface area contributed by atoms with Crippen LogP contribution in [0.25, 0.3) is 10.8 Å². The summed E-state index contributed by atoms with van der Waals surface area (Å²) in [6.45, 7) is 0. The first-order valence-corrected chi connectivity index (χ1v) is 6.83. The summed E-state index contributed by atoms with van der Waals surface area (Å²) >= 11 is 3.53. The molecular formula is C16H13BrN2. The molecule has 3 aromatic rings. The SMILES string of the molecule is Nc1ccc(Nc2cccc3ccccc23)c(Br)c1. The van der Waals surface area contributed by atoms with Crippen LogP contribution in [0, 0.1) is 0 Å². The molecule has 0 aliphatic carbocycles. The first-order valence-electron chi connectivity index (χ1n) is 6.04. The van der Waals surface area contributed by atoms with E-state index in [1.54, 1.807) is 0 Å². The topological polar surface area (TPSA) is 38.0 Å². The molecule has 3 heteroatoms. The summed E-state index contributed by atoms with van der Waals surface area (Å²) in [5, 5.41) is 5.86. The van der Waals surface area contributed by atoms with Gasteiger partial charge < -0.3 is 11.1 Å². The van der Waals surface area contributed by atoms with Crippen LogP contribution >= 0.6 is 15.9 Å². The minimum Gasteiger partial charge on any atom is -0.399 e. The molecule has 0 aliphatic rings. The van der Waals surface area contributed by atoms with Crippen molar-refractivity contribution in [1.29, 1.82) is 0 Å². The third-order valence-corrected chi connectivity index (χ3v) is 3.71. The molecule has 0 radical (unpaired) electrons. The van der Waals surface area contributed by atoms with E-state index in [1.807, 2.05) is 30.3 Å². The third-order valence-electron chi connectivity index (χ3n) is 3.05. The highest BCUT2D eigenvalue weighted by atomic mass is 79.9. The zero-order valence-corrected chi connectivity index (χ0v) is 11.8. The monoisotopic (exact) mass is 312 g/mol. The third kappa shape index (κ3) is 2.42. The van der Waals surface area contributed by atoms with Crippen LogP contribution in [0.15, 0.2) is 65.1 Å². The van der Waals surface area contributed by atoms with E-state index in [1.165, 1.54) is 10.8 Å². The quantitative estimate of drug-likeness (QED) is 0.658. The van der Waals surface area contributed by atoms with E-state index in [-0.39, 0.29) is 0 Å². The molecule has 0 amide bonds. The normalized spacial score (nSPS) is 10.6. The van der Waals surface area contributed by atoms with E-state index in [9.17, 15) is 0 Å². The molecule has 0 bridgehead atoms. The van der Waals surface area contributed by atoms with Gasteiger partial charge in [0.15, 0.2) is 0 Å². The Balaban J connectivity index is 2.06. The largest absolute Gasteiger partial charge is 0.399 e. The number of anilines is 3. The van der Waals surface area contributed by atoms with Gasteiger partial charge in [-0.3, -0.25) is 0 Å². The van der Waals surface area contributed by atoms with E-state index in [2.05, 4.69) is 51.6 Å². The second kappa shape index (κ2) is 4.94. The number of hydrogen-bond donors (Lipinski definition) is 2. The molecule has 0 aromatic heterocycles. The van der Waals surface area contributed by atoms with Crippen molar-refractivity contribution in [3.8, 4) is 0 Å². The maximum atomic E-state index is 5.75. The van der Waals surface area contributed by atoms with Gasteiger partial charge in [-0.2, -0.15) is 0 Å². The van der Waals surface area contributed by atoms with Gasteiger partial charge in [0.05, 0.1) is 5.69 Å². The van der Waals surface area contributed by atoms with Crippen molar-refractivity contribution in [1.82, 2.24) is 0 Å². The summed E-state index contributed by atoms with van der Waals surface area (Å²) in [4.78, 5) is 0. The maximum absolute atomic E-state index is 5.75. The van der Waals surface area contributed by atoms with Crippen LogP contribution < -0.4 is 11.1 Å². The van der Waals surface area contributed by atoms with Gasteiger partial charge in [0.1, 0.15) is 0 Å². The smallest absolute Gasteiger partial charge is 0.0530 e. The highest BCUT2D eigenvalue weighted by molar-refractivity contribution is 9.10. The molecule has 0 unspecified atom stereocenters. The molecule has 0 fully saturated rings. The maximum Gasteiger partial charge on any atom is 0.0530 e. The lowest BCUT2D eigenvalue weighted by molar-refractivity contribution is 1.54. The fourth-order valence-electron chi connectivity index (χ4n) is 2.11. The van der Waals surface area contributed by atoms with Crippen molar-refractivity contribution in [3.63, 3.8) is 0 Å². The molecule has 3 aromatic carbocycles. The van der Waals surface area contributed by atoms with Gasteiger partial charge in [0.25, 0.3) is 0 Å². The average Bonchev–Trinajstić information content (AvgIpc) is 2.42.